The first-order chi connectivity index (χ1) is 7.60. The summed E-state index contributed by atoms with van der Waals surface area (Å²) in [4.78, 5) is 12.0. The van der Waals surface area contributed by atoms with Crippen LogP contribution in [0.3, 0.4) is 0 Å². The first-order valence-electron chi connectivity index (χ1n) is 5.60. The van der Waals surface area contributed by atoms with Gasteiger partial charge in [-0.05, 0) is 28.8 Å². The van der Waals surface area contributed by atoms with Crippen molar-refractivity contribution in [3.63, 3.8) is 0 Å². The third-order valence-electron chi connectivity index (χ3n) is 2.47. The summed E-state index contributed by atoms with van der Waals surface area (Å²) >= 11 is 3.35. The van der Waals surface area contributed by atoms with Crippen molar-refractivity contribution < 1.29 is 4.79 Å². The minimum absolute atomic E-state index is 0.0622. The van der Waals surface area contributed by atoms with E-state index in [1.54, 1.807) is 10.9 Å². The summed E-state index contributed by atoms with van der Waals surface area (Å²) in [5.74, 6) is 0.0622. The van der Waals surface area contributed by atoms with Crippen LogP contribution < -0.4 is 5.73 Å². The summed E-state index contributed by atoms with van der Waals surface area (Å²) in [6, 6.07) is -0.0654. The number of aryl methyl sites for hydroxylation is 1. The minimum atomic E-state index is -0.0654. The van der Waals surface area contributed by atoms with Crippen LogP contribution in [0.2, 0.25) is 0 Å². The van der Waals surface area contributed by atoms with Crippen molar-refractivity contribution in [2.75, 3.05) is 0 Å². The Hall–Kier alpha value is -0.680. The van der Waals surface area contributed by atoms with Crippen LogP contribution in [0.15, 0.2) is 10.7 Å². The maximum absolute atomic E-state index is 12.0. The van der Waals surface area contributed by atoms with E-state index in [1.165, 1.54) is 0 Å². The Kier molecular flexibility index (Phi) is 5.15. The van der Waals surface area contributed by atoms with Crippen LogP contribution in [0.5, 0.6) is 0 Å². The predicted molar refractivity (Wildman–Crippen MR) is 67.4 cm³/mol. The van der Waals surface area contributed by atoms with Crippen LogP contribution in [0.25, 0.3) is 0 Å². The van der Waals surface area contributed by atoms with Gasteiger partial charge in [0.05, 0.1) is 10.7 Å². The maximum Gasteiger partial charge on any atom is 0.183 e. The van der Waals surface area contributed by atoms with Gasteiger partial charge in [-0.15, -0.1) is 0 Å². The molecule has 4 nitrogen and oxygen atoms in total. The van der Waals surface area contributed by atoms with E-state index in [0.717, 1.165) is 23.9 Å². The molecule has 0 bridgehead atoms. The number of halogens is 1. The van der Waals surface area contributed by atoms with Crippen molar-refractivity contribution in [2.24, 2.45) is 5.73 Å². The first kappa shape index (κ1) is 13.4. The largest absolute Gasteiger partial charge is 0.327 e. The maximum atomic E-state index is 12.0. The Morgan fingerprint density at radius 2 is 2.31 bits per heavy atom. The molecule has 1 atom stereocenters. The van der Waals surface area contributed by atoms with Gasteiger partial charge in [0, 0.05) is 19.0 Å². The van der Waals surface area contributed by atoms with Crippen LogP contribution in [-0.4, -0.2) is 21.6 Å². The predicted octanol–water partition coefficient (Wildman–Crippen LogP) is 2.37. The Morgan fingerprint density at radius 3 is 2.88 bits per heavy atom. The Balaban J connectivity index is 2.84. The van der Waals surface area contributed by atoms with E-state index in [9.17, 15) is 4.79 Å². The summed E-state index contributed by atoms with van der Waals surface area (Å²) in [5, 5.41) is 4.17. The molecule has 0 aromatic carbocycles. The average Bonchev–Trinajstić information content (AvgIpc) is 2.60. The Labute approximate surface area is 104 Å². The number of hydrogen-bond donors (Lipinski definition) is 1. The first-order valence-corrected chi connectivity index (χ1v) is 6.39. The number of nitrogens with two attached hydrogens (primary N) is 1. The number of Topliss-reactive ketones (excluding diaryl/α,β-unsaturated/α-hetero) is 1. The standard InChI is InChI=1S/C11H18BrN3O/c1-3-5-15-11(9(12)7-14-15)10(16)6-8(13)4-2/h7-8H,3-6,13H2,1-2H3. The quantitative estimate of drug-likeness (QED) is 0.817. The Bertz CT molecular complexity index is 362. The van der Waals surface area contributed by atoms with Gasteiger partial charge in [-0.25, -0.2) is 0 Å². The van der Waals surface area contributed by atoms with Gasteiger partial charge >= 0.3 is 0 Å². The van der Waals surface area contributed by atoms with Crippen molar-refractivity contribution in [1.29, 1.82) is 0 Å². The molecule has 0 radical (unpaired) electrons. The van der Waals surface area contributed by atoms with Crippen molar-refractivity contribution in [1.82, 2.24) is 9.78 Å². The molecule has 0 fully saturated rings. The van der Waals surface area contributed by atoms with Crippen molar-refractivity contribution in [3.05, 3.63) is 16.4 Å². The van der Waals surface area contributed by atoms with Gasteiger partial charge in [-0.1, -0.05) is 13.8 Å². The molecule has 1 aromatic heterocycles. The lowest BCUT2D eigenvalue weighted by Crippen LogP contribution is -2.24. The fourth-order valence-electron chi connectivity index (χ4n) is 1.50. The van der Waals surface area contributed by atoms with E-state index in [2.05, 4.69) is 28.0 Å². The van der Waals surface area contributed by atoms with Gasteiger partial charge in [0.25, 0.3) is 0 Å². The molecule has 2 N–H and O–H groups in total. The molecule has 1 aromatic rings. The fraction of sp³-hybridized carbons (Fsp3) is 0.636. The van der Waals surface area contributed by atoms with Gasteiger partial charge < -0.3 is 5.73 Å². The van der Waals surface area contributed by atoms with E-state index in [0.29, 0.717) is 12.1 Å². The number of hydrogen-bond acceptors (Lipinski definition) is 3. The van der Waals surface area contributed by atoms with Crippen molar-refractivity contribution >= 4 is 21.7 Å². The second kappa shape index (κ2) is 6.15. The number of ketones is 1. The molecule has 5 heteroatoms. The number of carbonyl (C=O) groups is 1. The molecule has 90 valence electrons. The van der Waals surface area contributed by atoms with Crippen LogP contribution in [0.1, 0.15) is 43.6 Å². The second-order valence-corrected chi connectivity index (χ2v) is 4.71. The molecular formula is C11H18BrN3O. The molecule has 0 spiro atoms. The number of aromatic nitrogens is 2. The second-order valence-electron chi connectivity index (χ2n) is 3.86. The third kappa shape index (κ3) is 3.15. The highest BCUT2D eigenvalue weighted by Gasteiger charge is 2.18. The monoisotopic (exact) mass is 287 g/mol. The summed E-state index contributed by atoms with van der Waals surface area (Å²) in [7, 11) is 0. The highest BCUT2D eigenvalue weighted by Crippen LogP contribution is 2.18. The molecular weight excluding hydrogens is 270 g/mol. The summed E-state index contributed by atoms with van der Waals surface area (Å²) < 4.78 is 2.50. The van der Waals surface area contributed by atoms with E-state index < -0.39 is 0 Å². The van der Waals surface area contributed by atoms with Gasteiger partial charge in [0.15, 0.2) is 5.78 Å². The lowest BCUT2D eigenvalue weighted by atomic mass is 10.1. The van der Waals surface area contributed by atoms with Crippen molar-refractivity contribution in [2.45, 2.75) is 45.7 Å². The van der Waals surface area contributed by atoms with Gasteiger partial charge in [-0.2, -0.15) is 5.10 Å². The SMILES string of the molecule is CCCn1ncc(Br)c1C(=O)CC(N)CC. The molecule has 0 aliphatic heterocycles. The fourth-order valence-corrected chi connectivity index (χ4v) is 2.02. The zero-order valence-electron chi connectivity index (χ0n) is 9.74. The lowest BCUT2D eigenvalue weighted by molar-refractivity contribution is 0.0962. The summed E-state index contributed by atoms with van der Waals surface area (Å²) in [6.45, 7) is 4.80. The highest BCUT2D eigenvalue weighted by molar-refractivity contribution is 9.10. The van der Waals surface area contributed by atoms with Crippen LogP contribution in [0, 0.1) is 0 Å². The van der Waals surface area contributed by atoms with Gasteiger partial charge in [0.1, 0.15) is 5.69 Å². The molecule has 1 heterocycles. The molecule has 0 amide bonds. The van der Waals surface area contributed by atoms with Gasteiger partial charge in [-0.3, -0.25) is 9.48 Å². The molecule has 1 rings (SSSR count). The molecule has 0 saturated heterocycles. The number of rotatable bonds is 6. The molecule has 0 aliphatic rings. The van der Waals surface area contributed by atoms with Crippen LogP contribution in [-0.2, 0) is 6.54 Å². The van der Waals surface area contributed by atoms with Gasteiger partial charge in [0.2, 0.25) is 0 Å². The number of carbonyl (C=O) groups excluding carboxylic acids is 1. The minimum Gasteiger partial charge on any atom is -0.327 e. The van der Waals surface area contributed by atoms with Crippen LogP contribution >= 0.6 is 15.9 Å². The smallest absolute Gasteiger partial charge is 0.183 e. The summed E-state index contributed by atoms with van der Waals surface area (Å²) in [6.07, 6.45) is 3.81. The molecule has 1 unspecified atom stereocenters. The van der Waals surface area contributed by atoms with Crippen LogP contribution in [0.4, 0.5) is 0 Å². The highest BCUT2D eigenvalue weighted by atomic mass is 79.9. The van der Waals surface area contributed by atoms with E-state index >= 15 is 0 Å². The van der Waals surface area contributed by atoms with E-state index in [-0.39, 0.29) is 11.8 Å². The van der Waals surface area contributed by atoms with E-state index in [4.69, 9.17) is 5.73 Å². The molecule has 16 heavy (non-hydrogen) atoms. The Morgan fingerprint density at radius 1 is 1.62 bits per heavy atom. The topological polar surface area (TPSA) is 60.9 Å². The zero-order valence-corrected chi connectivity index (χ0v) is 11.3. The molecule has 0 saturated carbocycles. The van der Waals surface area contributed by atoms with Crippen molar-refractivity contribution in [3.8, 4) is 0 Å². The zero-order chi connectivity index (χ0) is 12.1. The molecule has 0 aliphatic carbocycles. The van der Waals surface area contributed by atoms with E-state index in [1.807, 2.05) is 6.92 Å². The average molecular weight is 288 g/mol. The normalized spacial score (nSPS) is 12.8. The third-order valence-corrected chi connectivity index (χ3v) is 3.05. The summed E-state index contributed by atoms with van der Waals surface area (Å²) in [5.41, 5.74) is 6.43. The lowest BCUT2D eigenvalue weighted by Gasteiger charge is -2.09. The number of nitrogens with zero attached hydrogens (tertiary/aromatic N) is 2.